The molecule has 0 aromatic heterocycles. The van der Waals surface area contributed by atoms with Crippen LogP contribution in [0.25, 0.3) is 0 Å². The molecule has 11 nitrogen and oxygen atoms in total. The van der Waals surface area contributed by atoms with Gasteiger partial charge in [0.15, 0.2) is 0 Å². The van der Waals surface area contributed by atoms with E-state index in [2.05, 4.69) is 0 Å². The second-order valence-corrected chi connectivity index (χ2v) is 9.92. The number of aliphatic carboxylic acids is 1. The number of ether oxygens (including phenoxy) is 5. The van der Waals surface area contributed by atoms with Crippen LogP contribution in [0.4, 0.5) is 0 Å². The summed E-state index contributed by atoms with van der Waals surface area (Å²) < 4.78 is 25.4. The van der Waals surface area contributed by atoms with Crippen LogP contribution >= 0.6 is 0 Å². The Morgan fingerprint density at radius 3 is 1.68 bits per heavy atom. The fourth-order valence-electron chi connectivity index (χ4n) is 2.95. The Morgan fingerprint density at radius 2 is 1.24 bits per heavy atom. The summed E-state index contributed by atoms with van der Waals surface area (Å²) in [7, 11) is 3.22. The molecule has 0 aliphatic rings. The van der Waals surface area contributed by atoms with Crippen molar-refractivity contribution in [1.82, 2.24) is 0 Å². The Balaban J connectivity index is 0. The van der Waals surface area contributed by atoms with E-state index in [1.165, 1.54) is 0 Å². The molecule has 38 heavy (non-hydrogen) atoms. The molecule has 3 N–H and O–H groups in total. The number of carboxylic acids is 1. The van der Waals surface area contributed by atoms with Crippen molar-refractivity contribution in [1.29, 1.82) is 0 Å². The Kier molecular flexibility index (Phi) is 24.3. The zero-order valence-electron chi connectivity index (χ0n) is 24.3. The highest BCUT2D eigenvalue weighted by Crippen LogP contribution is 2.14. The van der Waals surface area contributed by atoms with Gasteiger partial charge in [0.05, 0.1) is 32.5 Å². The molecule has 0 saturated carbocycles. The number of nitrogens with two attached hydrogens (primary N) is 1. The minimum atomic E-state index is -0.934. The van der Waals surface area contributed by atoms with E-state index in [1.54, 1.807) is 14.2 Å². The predicted octanol–water partition coefficient (Wildman–Crippen LogP) is 2.95. The van der Waals surface area contributed by atoms with E-state index in [9.17, 15) is 19.2 Å². The van der Waals surface area contributed by atoms with Gasteiger partial charge in [-0.3, -0.25) is 19.2 Å². The van der Waals surface area contributed by atoms with E-state index in [1.807, 2.05) is 27.7 Å². The first kappa shape index (κ1) is 38.2. The molecule has 224 valence electrons. The van der Waals surface area contributed by atoms with Gasteiger partial charge in [-0.15, -0.1) is 0 Å². The van der Waals surface area contributed by atoms with Gasteiger partial charge in [0.25, 0.3) is 0 Å². The van der Waals surface area contributed by atoms with Gasteiger partial charge in [-0.2, -0.15) is 0 Å². The molecule has 0 radical (unpaired) electrons. The van der Waals surface area contributed by atoms with Crippen molar-refractivity contribution in [2.75, 3.05) is 53.9 Å². The standard InChI is InChI=1S/C16H30O5.C11H21NO5/c1-13(8-9-15(18)21-16(2,3)4)14(17)7-6-10-20-12-11-19-5;1-16-7-8-17-6-2-3-10(13)9(12)4-5-11(14)15/h13H,6-12H2,1-5H3;9H,2-8,12H2,1H3,(H,14,15). The van der Waals surface area contributed by atoms with Crippen molar-refractivity contribution in [2.24, 2.45) is 11.7 Å². The highest BCUT2D eigenvalue weighted by atomic mass is 16.6. The molecule has 0 bridgehead atoms. The first-order valence-electron chi connectivity index (χ1n) is 13.2. The molecule has 11 heteroatoms. The fraction of sp³-hybridized carbons (Fsp3) is 0.852. The zero-order chi connectivity index (χ0) is 29.4. The van der Waals surface area contributed by atoms with Crippen LogP contribution < -0.4 is 5.73 Å². The summed E-state index contributed by atoms with van der Waals surface area (Å²) in [6, 6.07) is -0.676. The zero-order valence-corrected chi connectivity index (χ0v) is 24.3. The maximum absolute atomic E-state index is 11.9. The van der Waals surface area contributed by atoms with Crippen molar-refractivity contribution in [3.05, 3.63) is 0 Å². The number of methoxy groups -OCH3 is 2. The molecule has 2 unspecified atom stereocenters. The highest BCUT2D eigenvalue weighted by molar-refractivity contribution is 5.84. The normalized spacial score (nSPS) is 12.7. The summed E-state index contributed by atoms with van der Waals surface area (Å²) >= 11 is 0. The van der Waals surface area contributed by atoms with E-state index in [4.69, 9.17) is 34.5 Å². The largest absolute Gasteiger partial charge is 0.481 e. The Bertz CT molecular complexity index is 648. The fourth-order valence-corrected chi connectivity index (χ4v) is 2.95. The van der Waals surface area contributed by atoms with Crippen LogP contribution in [0, 0.1) is 5.92 Å². The summed E-state index contributed by atoms with van der Waals surface area (Å²) in [6.45, 7) is 10.6. The van der Waals surface area contributed by atoms with Gasteiger partial charge in [-0.05, 0) is 46.5 Å². The van der Waals surface area contributed by atoms with E-state index in [-0.39, 0.29) is 42.7 Å². The van der Waals surface area contributed by atoms with Crippen LogP contribution in [0.2, 0.25) is 0 Å². The van der Waals surface area contributed by atoms with Gasteiger partial charge in [-0.1, -0.05) is 6.92 Å². The lowest BCUT2D eigenvalue weighted by atomic mass is 9.97. The highest BCUT2D eigenvalue weighted by Gasteiger charge is 2.19. The van der Waals surface area contributed by atoms with Gasteiger partial charge in [0, 0.05) is 59.0 Å². The minimum absolute atomic E-state index is 0.0722. The lowest BCUT2D eigenvalue weighted by Crippen LogP contribution is -2.31. The van der Waals surface area contributed by atoms with Crippen molar-refractivity contribution in [2.45, 2.75) is 90.7 Å². The SMILES string of the molecule is COCCOCCCC(=O)C(C)CCC(=O)OC(C)(C)C.COCCOCCCC(=O)C(N)CCC(=O)O. The third-order valence-electron chi connectivity index (χ3n) is 5.12. The Labute approximate surface area is 228 Å². The first-order valence-corrected chi connectivity index (χ1v) is 13.2. The molecule has 0 fully saturated rings. The number of esters is 1. The maximum atomic E-state index is 11.9. The number of hydrogen-bond donors (Lipinski definition) is 2. The van der Waals surface area contributed by atoms with Gasteiger partial charge in [0.2, 0.25) is 0 Å². The lowest BCUT2D eigenvalue weighted by Gasteiger charge is -2.20. The molecule has 0 spiro atoms. The van der Waals surface area contributed by atoms with E-state index >= 15 is 0 Å². The number of rotatable bonds is 22. The summed E-state index contributed by atoms with van der Waals surface area (Å²) in [5.74, 6) is -1.23. The van der Waals surface area contributed by atoms with E-state index in [0.29, 0.717) is 71.7 Å². The minimum Gasteiger partial charge on any atom is -0.481 e. The van der Waals surface area contributed by atoms with Crippen molar-refractivity contribution in [3.8, 4) is 0 Å². The Hall–Kier alpha value is -1.92. The predicted molar refractivity (Wildman–Crippen MR) is 143 cm³/mol. The Morgan fingerprint density at radius 1 is 0.737 bits per heavy atom. The van der Waals surface area contributed by atoms with Gasteiger partial charge < -0.3 is 34.5 Å². The van der Waals surface area contributed by atoms with Crippen molar-refractivity contribution < 1.29 is 48.0 Å². The third-order valence-corrected chi connectivity index (χ3v) is 5.12. The first-order chi connectivity index (χ1) is 17.8. The average Bonchev–Trinajstić information content (AvgIpc) is 2.84. The number of carbonyl (C=O) groups is 4. The molecule has 0 aromatic carbocycles. The number of hydrogen-bond acceptors (Lipinski definition) is 10. The van der Waals surface area contributed by atoms with Crippen LogP contribution in [-0.4, -0.2) is 94.1 Å². The molecule has 0 aliphatic carbocycles. The molecule has 0 rings (SSSR count). The second kappa shape index (κ2) is 24.1. The molecule has 0 amide bonds. The molecular formula is C27H51NO10. The summed E-state index contributed by atoms with van der Waals surface area (Å²) in [4.78, 5) is 45.2. The maximum Gasteiger partial charge on any atom is 0.306 e. The quantitative estimate of drug-likeness (QED) is 0.151. The van der Waals surface area contributed by atoms with Crippen LogP contribution in [0.5, 0.6) is 0 Å². The lowest BCUT2D eigenvalue weighted by molar-refractivity contribution is -0.155. The van der Waals surface area contributed by atoms with E-state index in [0.717, 1.165) is 0 Å². The van der Waals surface area contributed by atoms with Gasteiger partial charge >= 0.3 is 11.9 Å². The van der Waals surface area contributed by atoms with Crippen LogP contribution in [0.3, 0.4) is 0 Å². The van der Waals surface area contributed by atoms with Crippen molar-refractivity contribution in [3.63, 3.8) is 0 Å². The van der Waals surface area contributed by atoms with E-state index < -0.39 is 17.6 Å². The summed E-state index contributed by atoms with van der Waals surface area (Å²) in [5, 5.41) is 8.44. The molecular weight excluding hydrogens is 498 g/mol. The number of carbonyl (C=O) groups excluding carboxylic acids is 3. The molecule has 0 saturated heterocycles. The average molecular weight is 550 g/mol. The smallest absolute Gasteiger partial charge is 0.306 e. The molecule has 2 atom stereocenters. The monoisotopic (exact) mass is 549 g/mol. The number of ketones is 2. The molecule has 0 heterocycles. The van der Waals surface area contributed by atoms with Crippen LogP contribution in [-0.2, 0) is 42.9 Å². The second-order valence-electron chi connectivity index (χ2n) is 9.92. The van der Waals surface area contributed by atoms with Gasteiger partial charge in [0.1, 0.15) is 17.2 Å². The van der Waals surface area contributed by atoms with Crippen LogP contribution in [0.1, 0.15) is 79.1 Å². The summed E-state index contributed by atoms with van der Waals surface area (Å²) in [6.07, 6.45) is 3.07. The van der Waals surface area contributed by atoms with Gasteiger partial charge in [-0.25, -0.2) is 0 Å². The third kappa shape index (κ3) is 27.1. The van der Waals surface area contributed by atoms with Crippen molar-refractivity contribution >= 4 is 23.5 Å². The molecule has 0 aromatic rings. The number of Topliss-reactive ketones (excluding diaryl/α,β-unsaturated/α-hetero) is 2. The topological polar surface area (TPSA) is 161 Å². The number of carboxylic acid groups (broad SMARTS) is 1. The van der Waals surface area contributed by atoms with Crippen LogP contribution in [0.15, 0.2) is 0 Å². The summed E-state index contributed by atoms with van der Waals surface area (Å²) in [5.41, 5.74) is 5.09. The molecule has 0 aliphatic heterocycles.